The summed E-state index contributed by atoms with van der Waals surface area (Å²) in [7, 11) is 3.22. The third-order valence-electron chi connectivity index (χ3n) is 2.56. The Balaban J connectivity index is 2.70. The lowest BCUT2D eigenvalue weighted by molar-refractivity contribution is -0.124. The van der Waals surface area contributed by atoms with Crippen molar-refractivity contribution in [1.82, 2.24) is 15.2 Å². The zero-order valence-electron chi connectivity index (χ0n) is 10.6. The number of hydrogen-bond acceptors (Lipinski definition) is 3. The number of aromatic nitrogens is 1. The van der Waals surface area contributed by atoms with Crippen LogP contribution in [-0.2, 0) is 4.79 Å². The van der Waals surface area contributed by atoms with E-state index in [0.717, 1.165) is 0 Å². The Morgan fingerprint density at radius 2 is 2.22 bits per heavy atom. The van der Waals surface area contributed by atoms with E-state index in [4.69, 9.17) is 11.6 Å². The zero-order chi connectivity index (χ0) is 13.7. The predicted octanol–water partition coefficient (Wildman–Crippen LogP) is 1.19. The van der Waals surface area contributed by atoms with E-state index in [1.165, 1.54) is 17.2 Å². The van der Waals surface area contributed by atoms with Crippen LogP contribution in [0.1, 0.15) is 17.3 Å². The average molecular weight is 270 g/mol. The Morgan fingerprint density at radius 1 is 1.56 bits per heavy atom. The number of halogens is 1. The lowest BCUT2D eigenvalue weighted by Crippen LogP contribution is -2.37. The average Bonchev–Trinajstić information content (AvgIpc) is 2.36. The number of carbonyl (C=O) groups excluding carboxylic acids is 2. The van der Waals surface area contributed by atoms with Gasteiger partial charge in [0.2, 0.25) is 5.91 Å². The monoisotopic (exact) mass is 269 g/mol. The molecule has 0 aromatic carbocycles. The van der Waals surface area contributed by atoms with E-state index in [-0.39, 0.29) is 22.9 Å². The van der Waals surface area contributed by atoms with Crippen molar-refractivity contribution in [3.05, 3.63) is 29.0 Å². The van der Waals surface area contributed by atoms with Gasteiger partial charge in [-0.3, -0.25) is 9.59 Å². The van der Waals surface area contributed by atoms with Gasteiger partial charge in [-0.05, 0) is 12.1 Å². The molecular formula is C12H16ClN3O2. The van der Waals surface area contributed by atoms with Crippen LogP contribution in [0.15, 0.2) is 18.3 Å². The van der Waals surface area contributed by atoms with Crippen molar-refractivity contribution in [2.24, 2.45) is 5.92 Å². The van der Waals surface area contributed by atoms with Crippen LogP contribution in [-0.4, -0.2) is 42.3 Å². The molecule has 5 nitrogen and oxygen atoms in total. The Morgan fingerprint density at radius 3 is 2.78 bits per heavy atom. The van der Waals surface area contributed by atoms with Crippen LogP contribution < -0.4 is 5.32 Å². The topological polar surface area (TPSA) is 62.3 Å². The SMILES string of the molecule is CNC(=O)C(C)CN(C)C(=O)c1ccnc(Cl)c1. The van der Waals surface area contributed by atoms with E-state index in [9.17, 15) is 9.59 Å². The van der Waals surface area contributed by atoms with Gasteiger partial charge in [-0.2, -0.15) is 0 Å². The second-order valence-electron chi connectivity index (χ2n) is 4.07. The maximum atomic E-state index is 12.1. The first-order valence-electron chi connectivity index (χ1n) is 5.54. The standard InChI is InChI=1S/C12H16ClN3O2/c1-8(11(17)14-2)7-16(3)12(18)9-4-5-15-10(13)6-9/h4-6,8H,7H2,1-3H3,(H,14,17). The molecule has 0 aliphatic heterocycles. The lowest BCUT2D eigenvalue weighted by Gasteiger charge is -2.20. The Hall–Kier alpha value is -1.62. The minimum absolute atomic E-state index is 0.0950. The predicted molar refractivity (Wildman–Crippen MR) is 69.4 cm³/mol. The van der Waals surface area contributed by atoms with Crippen LogP contribution in [0.4, 0.5) is 0 Å². The second-order valence-corrected chi connectivity index (χ2v) is 4.46. The maximum absolute atomic E-state index is 12.1. The molecule has 2 amide bonds. The molecule has 1 unspecified atom stereocenters. The van der Waals surface area contributed by atoms with Gasteiger partial charge >= 0.3 is 0 Å². The van der Waals surface area contributed by atoms with Gasteiger partial charge in [-0.25, -0.2) is 4.98 Å². The van der Waals surface area contributed by atoms with Crippen LogP contribution in [0.2, 0.25) is 5.15 Å². The van der Waals surface area contributed by atoms with Crippen molar-refractivity contribution in [3.63, 3.8) is 0 Å². The van der Waals surface area contributed by atoms with E-state index in [0.29, 0.717) is 12.1 Å². The van der Waals surface area contributed by atoms with E-state index in [1.54, 1.807) is 27.1 Å². The molecule has 0 radical (unpaired) electrons. The lowest BCUT2D eigenvalue weighted by atomic mass is 10.1. The summed E-state index contributed by atoms with van der Waals surface area (Å²) in [5, 5.41) is 2.82. The molecule has 0 saturated heterocycles. The van der Waals surface area contributed by atoms with Gasteiger partial charge in [0.1, 0.15) is 5.15 Å². The molecule has 6 heteroatoms. The Labute approximate surface area is 111 Å². The largest absolute Gasteiger partial charge is 0.359 e. The number of hydrogen-bond donors (Lipinski definition) is 1. The van der Waals surface area contributed by atoms with Gasteiger partial charge in [0.05, 0.1) is 5.92 Å². The van der Waals surface area contributed by atoms with Gasteiger partial charge in [0.15, 0.2) is 0 Å². The van der Waals surface area contributed by atoms with Crippen LogP contribution in [0.25, 0.3) is 0 Å². The molecule has 0 spiro atoms. The minimum Gasteiger partial charge on any atom is -0.359 e. The Bertz CT molecular complexity index is 451. The molecule has 18 heavy (non-hydrogen) atoms. The van der Waals surface area contributed by atoms with Gasteiger partial charge < -0.3 is 10.2 Å². The highest BCUT2D eigenvalue weighted by Crippen LogP contribution is 2.10. The third-order valence-corrected chi connectivity index (χ3v) is 2.77. The van der Waals surface area contributed by atoms with Crippen molar-refractivity contribution in [1.29, 1.82) is 0 Å². The minimum atomic E-state index is -0.263. The fourth-order valence-corrected chi connectivity index (χ4v) is 1.75. The van der Waals surface area contributed by atoms with Crippen molar-refractivity contribution >= 4 is 23.4 Å². The number of nitrogens with one attached hydrogen (secondary N) is 1. The van der Waals surface area contributed by atoms with Crippen molar-refractivity contribution < 1.29 is 9.59 Å². The zero-order valence-corrected chi connectivity index (χ0v) is 11.4. The molecular weight excluding hydrogens is 254 g/mol. The summed E-state index contributed by atoms with van der Waals surface area (Å²) in [4.78, 5) is 28.7. The molecule has 0 fully saturated rings. The highest BCUT2D eigenvalue weighted by molar-refractivity contribution is 6.29. The molecule has 0 bridgehead atoms. The highest BCUT2D eigenvalue weighted by atomic mass is 35.5. The number of rotatable bonds is 4. The summed E-state index contributed by atoms with van der Waals surface area (Å²) < 4.78 is 0. The molecule has 0 aliphatic carbocycles. The molecule has 1 aromatic heterocycles. The van der Waals surface area contributed by atoms with E-state index >= 15 is 0 Å². The normalized spacial score (nSPS) is 11.8. The molecule has 0 saturated carbocycles. The van der Waals surface area contributed by atoms with E-state index in [1.807, 2.05) is 0 Å². The van der Waals surface area contributed by atoms with Crippen LogP contribution >= 0.6 is 11.6 Å². The first kappa shape index (κ1) is 14.4. The van der Waals surface area contributed by atoms with Crippen molar-refractivity contribution in [3.8, 4) is 0 Å². The summed E-state index contributed by atoms with van der Waals surface area (Å²) in [6.07, 6.45) is 1.48. The number of pyridine rings is 1. The highest BCUT2D eigenvalue weighted by Gasteiger charge is 2.18. The third kappa shape index (κ3) is 3.70. The second kappa shape index (κ2) is 6.35. The molecule has 1 atom stereocenters. The summed E-state index contributed by atoms with van der Waals surface area (Å²) >= 11 is 5.73. The number of carbonyl (C=O) groups is 2. The van der Waals surface area contributed by atoms with Crippen molar-refractivity contribution in [2.75, 3.05) is 20.6 Å². The quantitative estimate of drug-likeness (QED) is 0.835. The van der Waals surface area contributed by atoms with Gasteiger partial charge in [0.25, 0.3) is 5.91 Å². The first-order chi connectivity index (χ1) is 8.45. The molecule has 1 N–H and O–H groups in total. The fourth-order valence-electron chi connectivity index (χ4n) is 1.58. The van der Waals surface area contributed by atoms with Crippen LogP contribution in [0.3, 0.4) is 0 Å². The molecule has 1 aromatic rings. The Kier molecular flexibility index (Phi) is 5.09. The molecule has 1 heterocycles. The van der Waals surface area contributed by atoms with Crippen LogP contribution in [0.5, 0.6) is 0 Å². The molecule has 98 valence electrons. The van der Waals surface area contributed by atoms with Crippen molar-refractivity contribution in [2.45, 2.75) is 6.92 Å². The first-order valence-corrected chi connectivity index (χ1v) is 5.92. The van der Waals surface area contributed by atoms with Gasteiger partial charge in [0, 0.05) is 32.4 Å². The van der Waals surface area contributed by atoms with E-state index < -0.39 is 0 Å². The van der Waals surface area contributed by atoms with E-state index in [2.05, 4.69) is 10.3 Å². The molecule has 1 rings (SSSR count). The number of nitrogens with zero attached hydrogens (tertiary/aromatic N) is 2. The smallest absolute Gasteiger partial charge is 0.253 e. The summed E-state index contributed by atoms with van der Waals surface area (Å²) in [6, 6.07) is 3.10. The molecule has 0 aliphatic rings. The maximum Gasteiger partial charge on any atom is 0.253 e. The summed E-state index contributed by atoms with van der Waals surface area (Å²) in [5.41, 5.74) is 0.460. The summed E-state index contributed by atoms with van der Waals surface area (Å²) in [6.45, 7) is 2.11. The van der Waals surface area contributed by atoms with Gasteiger partial charge in [-0.15, -0.1) is 0 Å². The van der Waals surface area contributed by atoms with Gasteiger partial charge in [-0.1, -0.05) is 18.5 Å². The van der Waals surface area contributed by atoms with Crippen LogP contribution in [0, 0.1) is 5.92 Å². The summed E-state index contributed by atoms with van der Waals surface area (Å²) in [5.74, 6) is -0.543. The number of amides is 2. The fraction of sp³-hybridized carbons (Fsp3) is 0.417.